The highest BCUT2D eigenvalue weighted by molar-refractivity contribution is 5.83. The molecule has 11 heteroatoms. The quantitative estimate of drug-likeness (QED) is 0.211. The third kappa shape index (κ3) is 10.4. The van der Waals surface area contributed by atoms with Crippen molar-refractivity contribution in [1.82, 2.24) is 10.2 Å². The largest absolute Gasteiger partial charge is 0.504 e. The van der Waals surface area contributed by atoms with E-state index >= 15 is 0 Å². The molecule has 0 amide bonds. The smallest absolute Gasteiger partial charge is 0.201 e. The zero-order chi connectivity index (χ0) is 27.8. The van der Waals surface area contributed by atoms with Crippen LogP contribution in [-0.2, 0) is 6.54 Å². The van der Waals surface area contributed by atoms with Crippen LogP contribution < -0.4 is 5.32 Å². The first-order valence-corrected chi connectivity index (χ1v) is 12.1. The lowest BCUT2D eigenvalue weighted by Gasteiger charge is -2.26. The molecule has 214 valence electrons. The van der Waals surface area contributed by atoms with Gasteiger partial charge in [0.15, 0.2) is 35.6 Å². The Kier molecular flexibility index (Phi) is 16.9. The fourth-order valence-electron chi connectivity index (χ4n) is 3.78. The number of phenols is 6. The molecule has 2 fully saturated rings. The summed E-state index contributed by atoms with van der Waals surface area (Å²) in [6, 6.07) is 3.75. The van der Waals surface area contributed by atoms with E-state index in [4.69, 9.17) is 20.4 Å². The van der Waals surface area contributed by atoms with E-state index in [1.165, 1.54) is 50.9 Å². The number of aromatic hydroxyl groups is 6. The van der Waals surface area contributed by atoms with Crippen LogP contribution in [0.3, 0.4) is 0 Å². The topological polar surface area (TPSA) is 191 Å². The molecule has 2 aromatic rings. The molecule has 0 unspecified atom stereocenters. The Morgan fingerprint density at radius 3 is 1.71 bits per heavy atom. The molecule has 11 nitrogen and oxygen atoms in total. The maximum Gasteiger partial charge on any atom is 0.201 e. The minimum Gasteiger partial charge on any atom is -0.504 e. The van der Waals surface area contributed by atoms with E-state index in [1.54, 1.807) is 0 Å². The highest BCUT2D eigenvalue weighted by Crippen LogP contribution is 2.40. The summed E-state index contributed by atoms with van der Waals surface area (Å²) in [6.45, 7) is 4.86. The summed E-state index contributed by atoms with van der Waals surface area (Å²) in [5, 5.41) is 65.7. The highest BCUT2D eigenvalue weighted by atomic mass is 16.3. The fraction of sp³-hybridized carbons (Fsp3) is 0.481. The van der Waals surface area contributed by atoms with E-state index in [0.29, 0.717) is 24.7 Å². The number of aliphatic hydroxyl groups excluding tert-OH is 1. The van der Waals surface area contributed by atoms with Gasteiger partial charge >= 0.3 is 0 Å². The molecule has 2 aliphatic rings. The number of carbonyl (C=O) groups is 2. The van der Waals surface area contributed by atoms with Gasteiger partial charge in [-0.15, -0.1) is 0 Å². The maximum absolute atomic E-state index is 10.8. The van der Waals surface area contributed by atoms with Crippen LogP contribution in [0.2, 0.25) is 0 Å². The van der Waals surface area contributed by atoms with Crippen molar-refractivity contribution in [1.29, 1.82) is 0 Å². The van der Waals surface area contributed by atoms with Crippen LogP contribution in [0.1, 0.15) is 72.2 Å². The molecule has 38 heavy (non-hydrogen) atoms. The van der Waals surface area contributed by atoms with E-state index in [-0.39, 0.29) is 24.3 Å². The van der Waals surface area contributed by atoms with Gasteiger partial charge in [-0.1, -0.05) is 20.3 Å². The van der Waals surface area contributed by atoms with Crippen molar-refractivity contribution < 1.29 is 45.3 Å². The summed E-state index contributed by atoms with van der Waals surface area (Å²) in [5.74, 6) is -3.25. The molecule has 2 aromatic carbocycles. The van der Waals surface area contributed by atoms with Crippen LogP contribution in [0, 0.1) is 0 Å². The normalized spacial score (nSPS) is 14.6. The van der Waals surface area contributed by atoms with Gasteiger partial charge < -0.3 is 41.1 Å². The van der Waals surface area contributed by atoms with Gasteiger partial charge in [-0.05, 0) is 70.1 Å². The number of carbonyl (C=O) groups excluding carboxylic acids is 2. The molecule has 4 rings (SSSR count). The van der Waals surface area contributed by atoms with Gasteiger partial charge in [0.05, 0.1) is 11.1 Å². The summed E-state index contributed by atoms with van der Waals surface area (Å²) >= 11 is 0. The molecule has 8 N–H and O–H groups in total. The van der Waals surface area contributed by atoms with Crippen molar-refractivity contribution in [2.45, 2.75) is 52.5 Å². The lowest BCUT2D eigenvalue weighted by molar-refractivity contribution is 0.111. The number of hydrogen-bond donors (Lipinski definition) is 8. The summed E-state index contributed by atoms with van der Waals surface area (Å²) in [5.41, 5.74) is 0.409. The van der Waals surface area contributed by atoms with E-state index in [2.05, 4.69) is 10.2 Å². The molecular formula is C27H42N2O9. The predicted molar refractivity (Wildman–Crippen MR) is 144 cm³/mol. The molecule has 0 atom stereocenters. The number of rotatable bonds is 4. The maximum atomic E-state index is 10.8. The molecule has 0 radical (unpaired) electrons. The lowest BCUT2D eigenvalue weighted by atomic mass is 10.1. The zero-order valence-corrected chi connectivity index (χ0v) is 21.1. The van der Waals surface area contributed by atoms with Crippen molar-refractivity contribution in [3.8, 4) is 34.5 Å². The second-order valence-corrected chi connectivity index (χ2v) is 8.43. The van der Waals surface area contributed by atoms with E-state index in [1.807, 2.05) is 0 Å². The number of hydrogen-bond acceptors (Lipinski definition) is 11. The number of phenolic OH excluding ortho intramolecular Hbond substituents is 6. The SMILES string of the molecule is C.C1CCNCC1.CO.O=Cc1cc(CN2CCCCC2)c(O)c(O)c1O.O=Cc1ccc(O)c(O)c1O. The van der Waals surface area contributed by atoms with Gasteiger partial charge in [0.25, 0.3) is 0 Å². The first-order chi connectivity index (χ1) is 17.8. The molecule has 0 saturated carbocycles. The predicted octanol–water partition coefficient (Wildman–Crippen LogP) is 3.22. The molecule has 2 saturated heterocycles. The van der Waals surface area contributed by atoms with Crippen molar-refractivity contribution in [2.24, 2.45) is 0 Å². The minimum atomic E-state index is -0.672. The zero-order valence-electron chi connectivity index (χ0n) is 21.1. The number of nitrogens with zero attached hydrogens (tertiary/aromatic N) is 1. The monoisotopic (exact) mass is 538 g/mol. The molecule has 0 aromatic heterocycles. The molecule has 0 bridgehead atoms. The summed E-state index contributed by atoms with van der Waals surface area (Å²) in [6.07, 6.45) is 8.51. The Hall–Kier alpha value is -3.54. The number of piperidine rings is 2. The van der Waals surface area contributed by atoms with Crippen LogP contribution in [0.4, 0.5) is 0 Å². The Labute approximate surface area is 223 Å². The average Bonchev–Trinajstić information content (AvgIpc) is 2.95. The second-order valence-electron chi connectivity index (χ2n) is 8.43. The summed E-state index contributed by atoms with van der Waals surface area (Å²) in [4.78, 5) is 23.1. The summed E-state index contributed by atoms with van der Waals surface area (Å²) in [7, 11) is 1.00. The van der Waals surface area contributed by atoms with Crippen LogP contribution in [0.5, 0.6) is 34.5 Å². The van der Waals surface area contributed by atoms with Crippen LogP contribution in [-0.4, -0.2) is 86.5 Å². The van der Waals surface area contributed by atoms with Gasteiger partial charge in [0.2, 0.25) is 11.5 Å². The van der Waals surface area contributed by atoms with Crippen molar-refractivity contribution in [3.63, 3.8) is 0 Å². The van der Waals surface area contributed by atoms with Gasteiger partial charge in [-0.2, -0.15) is 0 Å². The first kappa shape index (κ1) is 34.5. The second kappa shape index (κ2) is 18.7. The van der Waals surface area contributed by atoms with Gasteiger partial charge in [0.1, 0.15) is 0 Å². The average molecular weight is 539 g/mol. The minimum absolute atomic E-state index is 0. The van der Waals surface area contributed by atoms with E-state index in [9.17, 15) is 24.9 Å². The number of nitrogens with one attached hydrogen (secondary N) is 1. The van der Waals surface area contributed by atoms with Gasteiger partial charge in [-0.3, -0.25) is 14.5 Å². The number of aliphatic hydroxyl groups is 1. The van der Waals surface area contributed by atoms with Gasteiger partial charge in [0, 0.05) is 19.2 Å². The highest BCUT2D eigenvalue weighted by Gasteiger charge is 2.19. The third-order valence-corrected chi connectivity index (χ3v) is 5.82. The summed E-state index contributed by atoms with van der Waals surface area (Å²) < 4.78 is 0. The van der Waals surface area contributed by atoms with Crippen LogP contribution in [0.25, 0.3) is 0 Å². The van der Waals surface area contributed by atoms with Crippen molar-refractivity contribution in [3.05, 3.63) is 34.9 Å². The molecule has 2 aliphatic heterocycles. The Morgan fingerprint density at radius 2 is 1.24 bits per heavy atom. The Morgan fingerprint density at radius 1 is 0.711 bits per heavy atom. The van der Waals surface area contributed by atoms with E-state index in [0.717, 1.165) is 39.1 Å². The first-order valence-electron chi connectivity index (χ1n) is 12.1. The van der Waals surface area contributed by atoms with Gasteiger partial charge in [-0.25, -0.2) is 0 Å². The lowest BCUT2D eigenvalue weighted by Crippen LogP contribution is -2.29. The molecular weight excluding hydrogens is 496 g/mol. The molecule has 2 heterocycles. The van der Waals surface area contributed by atoms with Crippen molar-refractivity contribution in [2.75, 3.05) is 33.3 Å². The number of likely N-dealkylation sites (tertiary alicyclic amines) is 1. The molecule has 0 spiro atoms. The van der Waals surface area contributed by atoms with Crippen LogP contribution in [0.15, 0.2) is 18.2 Å². The Bertz CT molecular complexity index is 978. The number of benzene rings is 2. The number of aldehydes is 2. The van der Waals surface area contributed by atoms with Crippen LogP contribution >= 0.6 is 0 Å². The standard InChI is InChI=1S/C13H17NO4.C7H6O4.C5H11N.CH4O.CH4/c15-8-10-6-9(11(16)13(18)12(10)17)7-14-4-2-1-3-5-14;8-3-4-1-2-5(9)7(11)6(4)10;1-2-4-6-5-3-1;1-2;/h6,8,16-18H,1-5,7H2;1-3,9-11H;6H,1-5H2;2H,1H3;1H4. The van der Waals surface area contributed by atoms with Crippen molar-refractivity contribution >= 4 is 12.6 Å². The third-order valence-electron chi connectivity index (χ3n) is 5.82. The van der Waals surface area contributed by atoms with E-state index < -0.39 is 28.7 Å². The Balaban J connectivity index is 0.000000582. The molecule has 0 aliphatic carbocycles. The fourth-order valence-corrected chi connectivity index (χ4v) is 3.78.